The van der Waals surface area contributed by atoms with E-state index < -0.39 is 11.0 Å². The van der Waals surface area contributed by atoms with Crippen molar-refractivity contribution >= 4 is 5.97 Å². The van der Waals surface area contributed by atoms with Crippen molar-refractivity contribution in [1.29, 1.82) is 0 Å². The molecule has 2 N–H and O–H groups in total. The third-order valence-electron chi connectivity index (χ3n) is 3.81. The molecule has 80 valence electrons. The molecule has 1 unspecified atom stereocenters. The zero-order valence-electron chi connectivity index (χ0n) is 8.51. The maximum atomic E-state index is 11.7. The number of carbonyl (C=O) groups excluding carboxylic acids is 1. The molecule has 2 rings (SSSR count). The summed E-state index contributed by atoms with van der Waals surface area (Å²) in [5.41, 5.74) is -1.50. The lowest BCUT2D eigenvalue weighted by Gasteiger charge is -2.48. The smallest absolute Gasteiger partial charge is 0.314 e. The summed E-state index contributed by atoms with van der Waals surface area (Å²) in [5, 5.41) is 13.5. The number of esters is 1. The van der Waals surface area contributed by atoms with Gasteiger partial charge in [-0.3, -0.25) is 4.79 Å². The second-order valence-corrected chi connectivity index (χ2v) is 4.39. The fourth-order valence-electron chi connectivity index (χ4n) is 2.67. The molecule has 0 amide bonds. The normalized spacial score (nSPS) is 35.0. The van der Waals surface area contributed by atoms with Crippen LogP contribution in [-0.2, 0) is 9.53 Å². The van der Waals surface area contributed by atoms with Crippen molar-refractivity contribution in [2.45, 2.75) is 31.3 Å². The monoisotopic (exact) mass is 199 g/mol. The van der Waals surface area contributed by atoms with E-state index >= 15 is 0 Å². The molecule has 0 aromatic carbocycles. The molecule has 1 atom stereocenters. The van der Waals surface area contributed by atoms with Crippen LogP contribution < -0.4 is 5.32 Å². The van der Waals surface area contributed by atoms with E-state index in [1.54, 1.807) is 0 Å². The van der Waals surface area contributed by atoms with E-state index in [9.17, 15) is 9.90 Å². The molecule has 0 aromatic rings. The molecule has 1 saturated carbocycles. The molecule has 2 fully saturated rings. The lowest BCUT2D eigenvalue weighted by molar-refractivity contribution is -0.184. The van der Waals surface area contributed by atoms with Crippen LogP contribution >= 0.6 is 0 Å². The number of methoxy groups -OCH3 is 1. The van der Waals surface area contributed by atoms with Gasteiger partial charge in [0.15, 0.2) is 0 Å². The molecule has 0 aromatic heterocycles. The zero-order valence-corrected chi connectivity index (χ0v) is 8.51. The van der Waals surface area contributed by atoms with Crippen molar-refractivity contribution in [1.82, 2.24) is 5.32 Å². The van der Waals surface area contributed by atoms with Crippen LogP contribution in [0.4, 0.5) is 0 Å². The van der Waals surface area contributed by atoms with Crippen molar-refractivity contribution in [2.24, 2.45) is 5.41 Å². The van der Waals surface area contributed by atoms with Gasteiger partial charge in [-0.05, 0) is 25.8 Å². The SMILES string of the molecule is COC(=O)C1(C2(O)CCNC2)CCC1. The number of rotatable bonds is 2. The Morgan fingerprint density at radius 1 is 1.43 bits per heavy atom. The summed E-state index contributed by atoms with van der Waals surface area (Å²) < 4.78 is 4.81. The molecule has 4 heteroatoms. The minimum atomic E-state index is -0.877. The van der Waals surface area contributed by atoms with Crippen LogP contribution in [0.1, 0.15) is 25.7 Å². The molecule has 4 nitrogen and oxygen atoms in total. The predicted octanol–water partition coefficient (Wildman–Crippen LogP) is 0.0541. The van der Waals surface area contributed by atoms with Crippen molar-refractivity contribution < 1.29 is 14.6 Å². The van der Waals surface area contributed by atoms with E-state index in [4.69, 9.17) is 4.74 Å². The van der Waals surface area contributed by atoms with Crippen molar-refractivity contribution in [3.8, 4) is 0 Å². The Morgan fingerprint density at radius 2 is 2.14 bits per heavy atom. The number of hydrogen-bond donors (Lipinski definition) is 2. The van der Waals surface area contributed by atoms with Crippen LogP contribution in [-0.4, -0.2) is 36.9 Å². The fourth-order valence-corrected chi connectivity index (χ4v) is 2.67. The summed E-state index contributed by atoms with van der Waals surface area (Å²) in [6.45, 7) is 1.30. The first-order valence-electron chi connectivity index (χ1n) is 5.16. The van der Waals surface area contributed by atoms with Gasteiger partial charge in [0, 0.05) is 6.54 Å². The molecule has 14 heavy (non-hydrogen) atoms. The number of hydrogen-bond acceptors (Lipinski definition) is 4. The molecular weight excluding hydrogens is 182 g/mol. The molecular formula is C10H17NO3. The van der Waals surface area contributed by atoms with Crippen LogP contribution in [0.5, 0.6) is 0 Å². The van der Waals surface area contributed by atoms with E-state index in [0.717, 1.165) is 25.8 Å². The van der Waals surface area contributed by atoms with Gasteiger partial charge in [0.25, 0.3) is 0 Å². The number of ether oxygens (including phenoxy) is 1. The van der Waals surface area contributed by atoms with E-state index in [1.807, 2.05) is 0 Å². The van der Waals surface area contributed by atoms with Gasteiger partial charge in [0.2, 0.25) is 0 Å². The summed E-state index contributed by atoms with van der Waals surface area (Å²) in [5.74, 6) is -0.241. The molecule has 2 aliphatic rings. The van der Waals surface area contributed by atoms with Crippen LogP contribution in [0.15, 0.2) is 0 Å². The van der Waals surface area contributed by atoms with Gasteiger partial charge < -0.3 is 15.2 Å². The highest BCUT2D eigenvalue weighted by Gasteiger charge is 2.60. The van der Waals surface area contributed by atoms with Gasteiger partial charge in [-0.25, -0.2) is 0 Å². The zero-order chi connectivity index (χ0) is 10.2. The number of nitrogens with one attached hydrogen (secondary N) is 1. The molecule has 0 bridgehead atoms. The Morgan fingerprint density at radius 3 is 2.50 bits per heavy atom. The van der Waals surface area contributed by atoms with Crippen molar-refractivity contribution in [2.75, 3.05) is 20.2 Å². The first-order chi connectivity index (χ1) is 6.65. The highest BCUT2D eigenvalue weighted by molar-refractivity contribution is 5.79. The number of carbonyl (C=O) groups is 1. The average molecular weight is 199 g/mol. The summed E-state index contributed by atoms with van der Waals surface area (Å²) in [4.78, 5) is 11.7. The Bertz CT molecular complexity index is 242. The van der Waals surface area contributed by atoms with Crippen LogP contribution in [0.25, 0.3) is 0 Å². The largest absolute Gasteiger partial charge is 0.469 e. The lowest BCUT2D eigenvalue weighted by atomic mass is 9.58. The first-order valence-corrected chi connectivity index (χ1v) is 5.16. The minimum Gasteiger partial charge on any atom is -0.469 e. The van der Waals surface area contributed by atoms with Crippen LogP contribution in [0.3, 0.4) is 0 Å². The molecule has 1 aliphatic carbocycles. The van der Waals surface area contributed by atoms with Gasteiger partial charge in [0.05, 0.1) is 18.1 Å². The third-order valence-corrected chi connectivity index (χ3v) is 3.81. The van der Waals surface area contributed by atoms with Crippen molar-refractivity contribution in [3.05, 3.63) is 0 Å². The number of aliphatic hydroxyl groups is 1. The molecule has 1 heterocycles. The topological polar surface area (TPSA) is 58.6 Å². The molecule has 0 radical (unpaired) electrons. The number of β-amino-alcohol motifs (C(OH)–C–C–N with tert-alkyl or cyclic N) is 1. The van der Waals surface area contributed by atoms with Crippen molar-refractivity contribution in [3.63, 3.8) is 0 Å². The minimum absolute atomic E-state index is 0.241. The highest BCUT2D eigenvalue weighted by Crippen LogP contribution is 2.52. The Hall–Kier alpha value is -0.610. The molecule has 1 aliphatic heterocycles. The Balaban J connectivity index is 2.23. The van der Waals surface area contributed by atoms with Crippen LogP contribution in [0, 0.1) is 5.41 Å². The Labute approximate surface area is 83.6 Å². The van der Waals surface area contributed by atoms with Crippen LogP contribution in [0.2, 0.25) is 0 Å². The Kier molecular flexibility index (Phi) is 2.27. The van der Waals surface area contributed by atoms with E-state index in [0.29, 0.717) is 13.0 Å². The molecule has 1 saturated heterocycles. The standard InChI is InChI=1S/C10H17NO3/c1-14-8(12)9(3-2-4-9)10(13)5-6-11-7-10/h11,13H,2-7H2,1H3. The van der Waals surface area contributed by atoms with Gasteiger partial charge >= 0.3 is 5.97 Å². The van der Waals surface area contributed by atoms with E-state index in [1.165, 1.54) is 7.11 Å². The second kappa shape index (κ2) is 3.21. The van der Waals surface area contributed by atoms with Gasteiger partial charge in [-0.1, -0.05) is 6.42 Å². The lowest BCUT2D eigenvalue weighted by Crippen LogP contribution is -2.58. The highest BCUT2D eigenvalue weighted by atomic mass is 16.5. The summed E-state index contributed by atoms with van der Waals surface area (Å²) >= 11 is 0. The average Bonchev–Trinajstić information content (AvgIpc) is 2.50. The quantitative estimate of drug-likeness (QED) is 0.617. The third kappa shape index (κ3) is 1.10. The van der Waals surface area contributed by atoms with Gasteiger partial charge in [-0.2, -0.15) is 0 Å². The molecule has 0 spiro atoms. The van der Waals surface area contributed by atoms with Gasteiger partial charge in [0.1, 0.15) is 0 Å². The van der Waals surface area contributed by atoms with E-state index in [2.05, 4.69) is 5.32 Å². The predicted molar refractivity (Wildman–Crippen MR) is 50.7 cm³/mol. The summed E-state index contributed by atoms with van der Waals surface area (Å²) in [6, 6.07) is 0. The maximum absolute atomic E-state index is 11.7. The first kappa shape index (κ1) is 9.93. The summed E-state index contributed by atoms with van der Waals surface area (Å²) in [6.07, 6.45) is 3.19. The van der Waals surface area contributed by atoms with Gasteiger partial charge in [-0.15, -0.1) is 0 Å². The van der Waals surface area contributed by atoms with E-state index in [-0.39, 0.29) is 5.97 Å². The summed E-state index contributed by atoms with van der Waals surface area (Å²) in [7, 11) is 1.40. The second-order valence-electron chi connectivity index (χ2n) is 4.39. The fraction of sp³-hybridized carbons (Fsp3) is 0.900. The maximum Gasteiger partial charge on any atom is 0.314 e.